The molecule has 0 radical (unpaired) electrons. The molecule has 6 heteroatoms. The lowest BCUT2D eigenvalue weighted by molar-refractivity contribution is 0.112. The number of benzene rings is 1. The summed E-state index contributed by atoms with van der Waals surface area (Å²) in [5, 5.41) is 0. The first-order chi connectivity index (χ1) is 9.67. The molecule has 0 N–H and O–H groups in total. The van der Waals surface area contributed by atoms with E-state index in [1.165, 1.54) is 14.2 Å². The highest BCUT2D eigenvalue weighted by molar-refractivity contribution is 9.11. The number of carbonyl (C=O) groups excluding carboxylic acids is 1. The van der Waals surface area contributed by atoms with Crippen LogP contribution in [0.15, 0.2) is 28.1 Å². The molecule has 0 unspecified atom stereocenters. The van der Waals surface area contributed by atoms with E-state index in [9.17, 15) is 4.79 Å². The summed E-state index contributed by atoms with van der Waals surface area (Å²) in [6.07, 6.45) is 0.741. The van der Waals surface area contributed by atoms with Gasteiger partial charge in [0, 0.05) is 10.4 Å². The van der Waals surface area contributed by atoms with Gasteiger partial charge in [-0.25, -0.2) is 0 Å². The summed E-state index contributed by atoms with van der Waals surface area (Å²) < 4.78 is 17.3. The molecule has 0 aliphatic rings. The van der Waals surface area contributed by atoms with Gasteiger partial charge < -0.3 is 14.2 Å². The van der Waals surface area contributed by atoms with Crippen LogP contribution in [-0.4, -0.2) is 20.5 Å². The third-order valence-corrected chi connectivity index (χ3v) is 4.20. The van der Waals surface area contributed by atoms with Crippen molar-refractivity contribution in [3.63, 3.8) is 0 Å². The second kappa shape index (κ2) is 6.76. The van der Waals surface area contributed by atoms with Crippen LogP contribution in [0.1, 0.15) is 15.2 Å². The van der Waals surface area contributed by atoms with Crippen LogP contribution in [0.4, 0.5) is 0 Å². The van der Waals surface area contributed by atoms with Gasteiger partial charge in [0.25, 0.3) is 0 Å². The predicted molar refractivity (Wildman–Crippen MR) is 81.3 cm³/mol. The van der Waals surface area contributed by atoms with E-state index >= 15 is 0 Å². The van der Waals surface area contributed by atoms with Crippen LogP contribution < -0.4 is 14.2 Å². The van der Waals surface area contributed by atoms with Crippen molar-refractivity contribution in [3.05, 3.63) is 38.5 Å². The zero-order valence-electron chi connectivity index (χ0n) is 11.0. The fourth-order valence-electron chi connectivity index (χ4n) is 1.68. The van der Waals surface area contributed by atoms with E-state index in [1.807, 2.05) is 12.1 Å². The van der Waals surface area contributed by atoms with E-state index in [0.29, 0.717) is 29.4 Å². The first-order valence-electron chi connectivity index (χ1n) is 5.76. The van der Waals surface area contributed by atoms with Crippen LogP contribution in [0, 0.1) is 0 Å². The molecule has 0 amide bonds. The van der Waals surface area contributed by atoms with Crippen molar-refractivity contribution in [1.82, 2.24) is 0 Å². The van der Waals surface area contributed by atoms with Crippen LogP contribution in [0.3, 0.4) is 0 Å². The average molecular weight is 357 g/mol. The van der Waals surface area contributed by atoms with Crippen molar-refractivity contribution in [2.24, 2.45) is 0 Å². The number of rotatable bonds is 6. The van der Waals surface area contributed by atoms with E-state index in [-0.39, 0.29) is 0 Å². The second-order valence-corrected chi connectivity index (χ2v) is 6.41. The first kappa shape index (κ1) is 14.9. The Morgan fingerprint density at radius 2 is 1.85 bits per heavy atom. The summed E-state index contributed by atoms with van der Waals surface area (Å²) in [5.74, 6) is 1.44. The molecule has 106 valence electrons. The Morgan fingerprint density at radius 1 is 1.20 bits per heavy atom. The van der Waals surface area contributed by atoms with Gasteiger partial charge >= 0.3 is 0 Å². The quantitative estimate of drug-likeness (QED) is 0.735. The van der Waals surface area contributed by atoms with Gasteiger partial charge in [-0.1, -0.05) is 0 Å². The van der Waals surface area contributed by atoms with Crippen LogP contribution in [-0.2, 0) is 6.61 Å². The Labute approximate surface area is 129 Å². The van der Waals surface area contributed by atoms with Gasteiger partial charge in [0.1, 0.15) is 12.9 Å². The van der Waals surface area contributed by atoms with Gasteiger partial charge in [-0.3, -0.25) is 4.79 Å². The van der Waals surface area contributed by atoms with Gasteiger partial charge in [0.15, 0.2) is 11.5 Å². The molecule has 1 aromatic carbocycles. The smallest absolute Gasteiger partial charge is 0.203 e. The summed E-state index contributed by atoms with van der Waals surface area (Å²) in [6, 6.07) is 7.19. The van der Waals surface area contributed by atoms with Gasteiger partial charge in [-0.2, -0.15) is 0 Å². The topological polar surface area (TPSA) is 44.8 Å². The predicted octanol–water partition coefficient (Wildman–Crippen LogP) is 3.92. The van der Waals surface area contributed by atoms with Crippen molar-refractivity contribution < 1.29 is 19.0 Å². The number of methoxy groups -OCH3 is 2. The Balaban J connectivity index is 2.27. The standard InChI is InChI=1S/C14H13BrO4S/c1-17-11-5-9(7-16)6-12(18-2)14(11)19-8-10-3-4-13(15)20-10/h3-7H,8H2,1-2H3. The molecule has 1 aromatic heterocycles. The fourth-order valence-corrected chi connectivity index (χ4v) is 3.08. The monoisotopic (exact) mass is 356 g/mol. The normalized spacial score (nSPS) is 10.2. The van der Waals surface area contributed by atoms with Crippen LogP contribution >= 0.6 is 27.3 Å². The number of carbonyl (C=O) groups is 1. The minimum Gasteiger partial charge on any atom is -0.493 e. The molecule has 0 aliphatic carbocycles. The van der Waals surface area contributed by atoms with Crippen molar-refractivity contribution in [2.75, 3.05) is 14.2 Å². The molecule has 20 heavy (non-hydrogen) atoms. The van der Waals surface area contributed by atoms with Gasteiger partial charge in [-0.15, -0.1) is 11.3 Å². The Morgan fingerprint density at radius 3 is 2.30 bits per heavy atom. The maximum atomic E-state index is 10.9. The first-order valence-corrected chi connectivity index (χ1v) is 7.37. The lowest BCUT2D eigenvalue weighted by Gasteiger charge is -2.14. The molecule has 4 nitrogen and oxygen atoms in total. The fraction of sp³-hybridized carbons (Fsp3) is 0.214. The van der Waals surface area contributed by atoms with Crippen molar-refractivity contribution in [3.8, 4) is 17.2 Å². The highest BCUT2D eigenvalue weighted by Crippen LogP contribution is 2.39. The SMILES string of the molecule is COc1cc(C=O)cc(OC)c1OCc1ccc(Br)s1. The summed E-state index contributed by atoms with van der Waals surface area (Å²) in [7, 11) is 3.05. The number of thiophene rings is 1. The van der Waals surface area contributed by atoms with Crippen molar-refractivity contribution in [2.45, 2.75) is 6.61 Å². The summed E-state index contributed by atoms with van der Waals surface area (Å²) in [5.41, 5.74) is 0.477. The minimum absolute atomic E-state index is 0.406. The number of hydrogen-bond acceptors (Lipinski definition) is 5. The Bertz CT molecular complexity index is 584. The van der Waals surface area contributed by atoms with Gasteiger partial charge in [0.05, 0.1) is 18.0 Å². The Kier molecular flexibility index (Phi) is 5.03. The lowest BCUT2D eigenvalue weighted by Crippen LogP contribution is -2.00. The Hall–Kier alpha value is -1.53. The zero-order valence-corrected chi connectivity index (χ0v) is 13.4. The molecule has 0 aliphatic heterocycles. The number of aldehydes is 1. The largest absolute Gasteiger partial charge is 0.493 e. The number of halogens is 1. The lowest BCUT2D eigenvalue weighted by atomic mass is 10.2. The second-order valence-electron chi connectivity index (χ2n) is 3.87. The highest BCUT2D eigenvalue weighted by Gasteiger charge is 2.14. The van der Waals surface area contributed by atoms with Crippen LogP contribution in [0.2, 0.25) is 0 Å². The molecule has 0 saturated heterocycles. The molecule has 2 rings (SSSR count). The molecular formula is C14H13BrO4S. The minimum atomic E-state index is 0.406. The van der Waals surface area contributed by atoms with Crippen LogP contribution in [0.25, 0.3) is 0 Å². The summed E-state index contributed by atoms with van der Waals surface area (Å²) in [6.45, 7) is 0.406. The third-order valence-electron chi connectivity index (χ3n) is 2.61. The highest BCUT2D eigenvalue weighted by atomic mass is 79.9. The average Bonchev–Trinajstić information content (AvgIpc) is 2.89. The van der Waals surface area contributed by atoms with Crippen molar-refractivity contribution >= 4 is 33.6 Å². The number of hydrogen-bond donors (Lipinski definition) is 0. The maximum Gasteiger partial charge on any atom is 0.203 e. The third kappa shape index (κ3) is 3.32. The maximum absolute atomic E-state index is 10.9. The molecule has 1 heterocycles. The summed E-state index contributed by atoms with van der Waals surface area (Å²) in [4.78, 5) is 12.0. The molecule has 0 bridgehead atoms. The van der Waals surface area contributed by atoms with Crippen LogP contribution in [0.5, 0.6) is 17.2 Å². The molecule has 0 atom stereocenters. The zero-order chi connectivity index (χ0) is 14.5. The molecule has 0 saturated carbocycles. The van der Waals surface area contributed by atoms with Gasteiger partial charge in [0.2, 0.25) is 5.75 Å². The van der Waals surface area contributed by atoms with Crippen molar-refractivity contribution in [1.29, 1.82) is 0 Å². The van der Waals surface area contributed by atoms with E-state index in [0.717, 1.165) is 14.9 Å². The summed E-state index contributed by atoms with van der Waals surface area (Å²) >= 11 is 5.00. The molecule has 0 fully saturated rings. The molecular weight excluding hydrogens is 344 g/mol. The van der Waals surface area contributed by atoms with E-state index in [4.69, 9.17) is 14.2 Å². The van der Waals surface area contributed by atoms with Gasteiger partial charge in [-0.05, 0) is 40.2 Å². The number of ether oxygens (including phenoxy) is 3. The van der Waals surface area contributed by atoms with E-state index in [1.54, 1.807) is 23.5 Å². The molecule has 2 aromatic rings. The van der Waals surface area contributed by atoms with E-state index < -0.39 is 0 Å². The van der Waals surface area contributed by atoms with E-state index in [2.05, 4.69) is 15.9 Å². The molecule has 0 spiro atoms.